The molecule has 1 aromatic carbocycles. The number of ether oxygens (including phenoxy) is 1. The molecule has 2 aromatic heterocycles. The predicted molar refractivity (Wildman–Crippen MR) is 97.0 cm³/mol. The van der Waals surface area contributed by atoms with Crippen LogP contribution in [0.4, 0.5) is 0 Å². The molecule has 0 bridgehead atoms. The Morgan fingerprint density at radius 1 is 1.31 bits per heavy atom. The van der Waals surface area contributed by atoms with Gasteiger partial charge in [-0.15, -0.1) is 0 Å². The lowest BCUT2D eigenvalue weighted by Crippen LogP contribution is -2.32. The van der Waals surface area contributed by atoms with Crippen LogP contribution in [0.3, 0.4) is 0 Å². The van der Waals surface area contributed by atoms with Crippen LogP contribution in [-0.4, -0.2) is 40.1 Å². The zero-order valence-electron chi connectivity index (χ0n) is 14.9. The van der Waals surface area contributed by atoms with E-state index in [2.05, 4.69) is 10.1 Å². The van der Waals surface area contributed by atoms with E-state index in [0.717, 1.165) is 34.3 Å². The molecule has 0 spiro atoms. The summed E-state index contributed by atoms with van der Waals surface area (Å²) in [6, 6.07) is 9.85. The highest BCUT2D eigenvalue weighted by Gasteiger charge is 2.29. The first-order valence-corrected chi connectivity index (χ1v) is 8.82. The maximum Gasteiger partial charge on any atom is 0.227 e. The van der Waals surface area contributed by atoms with Crippen molar-refractivity contribution in [3.8, 4) is 5.75 Å². The number of pyridine rings is 1. The molecule has 4 rings (SSSR count). The van der Waals surface area contributed by atoms with Crippen molar-refractivity contribution in [1.82, 2.24) is 15.0 Å². The Balaban J connectivity index is 1.43. The Bertz CT molecular complexity index is 926. The molecule has 6 nitrogen and oxygen atoms in total. The number of aromatic nitrogens is 2. The molecule has 1 amide bonds. The number of hydrogen-bond acceptors (Lipinski definition) is 5. The van der Waals surface area contributed by atoms with Gasteiger partial charge >= 0.3 is 0 Å². The number of fused-ring (bicyclic) bond motifs is 1. The van der Waals surface area contributed by atoms with Crippen LogP contribution >= 0.6 is 0 Å². The highest BCUT2D eigenvalue weighted by molar-refractivity contribution is 5.84. The maximum absolute atomic E-state index is 12.6. The Labute approximate surface area is 151 Å². The van der Waals surface area contributed by atoms with Gasteiger partial charge in [0.15, 0.2) is 0 Å². The summed E-state index contributed by atoms with van der Waals surface area (Å²) < 4.78 is 11.3. The summed E-state index contributed by atoms with van der Waals surface area (Å²) in [5, 5.41) is 4.97. The van der Waals surface area contributed by atoms with E-state index in [-0.39, 0.29) is 12.0 Å². The first-order valence-electron chi connectivity index (χ1n) is 8.82. The van der Waals surface area contributed by atoms with E-state index in [0.29, 0.717) is 25.3 Å². The number of aryl methyl sites for hydroxylation is 2. The summed E-state index contributed by atoms with van der Waals surface area (Å²) in [7, 11) is 0. The van der Waals surface area contributed by atoms with Crippen molar-refractivity contribution in [3.05, 3.63) is 53.5 Å². The zero-order valence-corrected chi connectivity index (χ0v) is 14.9. The molecule has 0 N–H and O–H groups in total. The second-order valence-corrected chi connectivity index (χ2v) is 6.68. The molecule has 3 heterocycles. The van der Waals surface area contributed by atoms with E-state index in [1.807, 2.05) is 49.1 Å². The molecule has 1 fully saturated rings. The maximum atomic E-state index is 12.6. The number of rotatable bonds is 4. The minimum absolute atomic E-state index is 0.0174. The molecule has 1 saturated heterocycles. The average molecular weight is 351 g/mol. The van der Waals surface area contributed by atoms with E-state index >= 15 is 0 Å². The van der Waals surface area contributed by atoms with Crippen molar-refractivity contribution >= 4 is 16.8 Å². The lowest BCUT2D eigenvalue weighted by atomic mass is 10.1. The third kappa shape index (κ3) is 3.14. The Kier molecular flexibility index (Phi) is 4.32. The first kappa shape index (κ1) is 16.6. The third-order valence-corrected chi connectivity index (χ3v) is 4.90. The van der Waals surface area contributed by atoms with Crippen LogP contribution in [-0.2, 0) is 11.2 Å². The van der Waals surface area contributed by atoms with Crippen LogP contribution < -0.4 is 4.74 Å². The summed E-state index contributed by atoms with van der Waals surface area (Å²) in [5.41, 5.74) is 2.53. The number of para-hydroxylation sites is 1. The highest BCUT2D eigenvalue weighted by Crippen LogP contribution is 2.26. The fourth-order valence-corrected chi connectivity index (χ4v) is 3.42. The van der Waals surface area contributed by atoms with Crippen LogP contribution in [0, 0.1) is 13.8 Å². The van der Waals surface area contributed by atoms with Crippen molar-refractivity contribution in [2.75, 3.05) is 13.1 Å². The lowest BCUT2D eigenvalue weighted by Gasteiger charge is -2.18. The quantitative estimate of drug-likeness (QED) is 0.723. The lowest BCUT2D eigenvalue weighted by molar-refractivity contribution is -0.129. The van der Waals surface area contributed by atoms with Crippen LogP contribution in [0.2, 0.25) is 0 Å². The standard InChI is InChI=1S/C20H21N3O3/c1-13-17(14(2)26-22-13)11-19(24)23-10-8-16(12-23)25-18-7-3-5-15-6-4-9-21-20(15)18/h3-7,9,16H,8,10-12H2,1-2H3/t16-/m1/s1. The fraction of sp³-hybridized carbons (Fsp3) is 0.350. The van der Waals surface area contributed by atoms with Gasteiger partial charge in [-0.05, 0) is 26.0 Å². The molecule has 6 heteroatoms. The second kappa shape index (κ2) is 6.78. The molecular weight excluding hydrogens is 330 g/mol. The second-order valence-electron chi connectivity index (χ2n) is 6.68. The molecule has 1 aliphatic heterocycles. The minimum Gasteiger partial charge on any atom is -0.486 e. The zero-order chi connectivity index (χ0) is 18.1. The van der Waals surface area contributed by atoms with Crippen molar-refractivity contribution in [3.63, 3.8) is 0 Å². The molecule has 0 saturated carbocycles. The minimum atomic E-state index is -0.0174. The smallest absolute Gasteiger partial charge is 0.227 e. The molecule has 134 valence electrons. The normalized spacial score (nSPS) is 17.0. The van der Waals surface area contributed by atoms with E-state index in [1.54, 1.807) is 6.20 Å². The summed E-state index contributed by atoms with van der Waals surface area (Å²) in [6.45, 7) is 4.99. The molecule has 1 atom stereocenters. The first-order chi connectivity index (χ1) is 12.6. The van der Waals surface area contributed by atoms with Gasteiger partial charge in [0, 0.05) is 30.1 Å². The van der Waals surface area contributed by atoms with Crippen LogP contribution in [0.15, 0.2) is 41.1 Å². The number of likely N-dealkylation sites (tertiary alicyclic amines) is 1. The Morgan fingerprint density at radius 3 is 2.96 bits per heavy atom. The number of amides is 1. The molecule has 0 aliphatic carbocycles. The van der Waals surface area contributed by atoms with Gasteiger partial charge in [-0.1, -0.05) is 23.4 Å². The number of benzene rings is 1. The molecule has 1 aliphatic rings. The van der Waals surface area contributed by atoms with Gasteiger partial charge < -0.3 is 14.2 Å². The average Bonchev–Trinajstić information content (AvgIpc) is 3.24. The van der Waals surface area contributed by atoms with Gasteiger partial charge in [-0.3, -0.25) is 9.78 Å². The van der Waals surface area contributed by atoms with E-state index in [4.69, 9.17) is 9.26 Å². The summed E-state index contributed by atoms with van der Waals surface area (Å²) >= 11 is 0. The van der Waals surface area contributed by atoms with Crippen LogP contribution in [0.5, 0.6) is 5.75 Å². The van der Waals surface area contributed by atoms with Crippen LogP contribution in [0.25, 0.3) is 10.9 Å². The summed E-state index contributed by atoms with van der Waals surface area (Å²) in [4.78, 5) is 18.9. The Hall–Kier alpha value is -2.89. The Morgan fingerprint density at radius 2 is 2.15 bits per heavy atom. The topological polar surface area (TPSA) is 68.5 Å². The van der Waals surface area contributed by atoms with Crippen molar-refractivity contribution in [1.29, 1.82) is 0 Å². The monoisotopic (exact) mass is 351 g/mol. The van der Waals surface area contributed by atoms with Crippen molar-refractivity contribution in [2.24, 2.45) is 0 Å². The number of nitrogens with zero attached hydrogens (tertiary/aromatic N) is 3. The van der Waals surface area contributed by atoms with Crippen molar-refractivity contribution < 1.29 is 14.1 Å². The van der Waals surface area contributed by atoms with Gasteiger partial charge in [0.1, 0.15) is 23.1 Å². The summed E-state index contributed by atoms with van der Waals surface area (Å²) in [6.07, 6.45) is 2.89. The number of hydrogen-bond donors (Lipinski definition) is 0. The largest absolute Gasteiger partial charge is 0.486 e. The van der Waals surface area contributed by atoms with E-state index < -0.39 is 0 Å². The van der Waals surface area contributed by atoms with Gasteiger partial charge in [0.2, 0.25) is 5.91 Å². The van der Waals surface area contributed by atoms with E-state index in [1.165, 1.54) is 0 Å². The molecule has 3 aromatic rings. The fourth-order valence-electron chi connectivity index (χ4n) is 3.42. The van der Waals surface area contributed by atoms with Gasteiger partial charge in [-0.2, -0.15) is 0 Å². The molecule has 26 heavy (non-hydrogen) atoms. The van der Waals surface area contributed by atoms with Crippen LogP contribution in [0.1, 0.15) is 23.4 Å². The predicted octanol–water partition coefficient (Wildman–Crippen LogP) is 3.06. The van der Waals surface area contributed by atoms with Gasteiger partial charge in [0.25, 0.3) is 0 Å². The SMILES string of the molecule is Cc1noc(C)c1CC(=O)N1CC[C@@H](Oc2cccc3cccnc23)C1. The third-order valence-electron chi connectivity index (χ3n) is 4.90. The number of carbonyl (C=O) groups excluding carboxylic acids is 1. The highest BCUT2D eigenvalue weighted by atomic mass is 16.5. The van der Waals surface area contributed by atoms with Gasteiger partial charge in [-0.25, -0.2) is 0 Å². The molecule has 0 radical (unpaired) electrons. The number of carbonyl (C=O) groups is 1. The van der Waals surface area contributed by atoms with Gasteiger partial charge in [0.05, 0.1) is 18.7 Å². The van der Waals surface area contributed by atoms with E-state index in [9.17, 15) is 4.79 Å². The summed E-state index contributed by atoms with van der Waals surface area (Å²) in [5.74, 6) is 1.57. The molecular formula is C20H21N3O3. The molecule has 0 unspecified atom stereocenters. The van der Waals surface area contributed by atoms with Crippen molar-refractivity contribution in [2.45, 2.75) is 32.8 Å².